The summed E-state index contributed by atoms with van der Waals surface area (Å²) in [7, 11) is 0. The number of para-hydroxylation sites is 1. The van der Waals surface area contributed by atoms with Crippen molar-refractivity contribution in [2.24, 2.45) is 0 Å². The van der Waals surface area contributed by atoms with Crippen molar-refractivity contribution in [3.8, 4) is 11.3 Å². The van der Waals surface area contributed by atoms with Crippen molar-refractivity contribution in [3.63, 3.8) is 0 Å². The van der Waals surface area contributed by atoms with Crippen LogP contribution in [0.5, 0.6) is 0 Å². The molecule has 0 fully saturated rings. The van der Waals surface area contributed by atoms with Crippen molar-refractivity contribution in [1.82, 2.24) is 20.8 Å². The average molecular weight is 472 g/mol. The number of carbonyl (C=O) groups is 1. The fraction of sp³-hybridized carbons (Fsp3) is 0. The molecular weight excluding hydrogens is 454 g/mol. The second-order valence-corrected chi connectivity index (χ2v) is 8.20. The molecule has 2 heterocycles. The number of hydrogen-bond acceptors (Lipinski definition) is 3. The summed E-state index contributed by atoms with van der Waals surface area (Å²) in [6.45, 7) is 0. The summed E-state index contributed by atoms with van der Waals surface area (Å²) < 4.78 is 0. The molecule has 0 saturated carbocycles. The predicted octanol–water partition coefficient (Wildman–Crippen LogP) is 5.67. The molecule has 0 bridgehead atoms. The van der Waals surface area contributed by atoms with E-state index in [0.29, 0.717) is 16.4 Å². The van der Waals surface area contributed by atoms with Gasteiger partial charge in [-0.25, -0.2) is 4.98 Å². The van der Waals surface area contributed by atoms with E-state index < -0.39 is 5.91 Å². The van der Waals surface area contributed by atoms with Crippen LogP contribution in [0.25, 0.3) is 33.1 Å². The predicted molar refractivity (Wildman–Crippen MR) is 137 cm³/mol. The number of halogens is 1. The van der Waals surface area contributed by atoms with Crippen LogP contribution >= 0.6 is 23.8 Å². The highest BCUT2D eigenvalue weighted by Crippen LogP contribution is 2.32. The number of anilines is 1. The van der Waals surface area contributed by atoms with Gasteiger partial charge in [-0.15, -0.1) is 0 Å². The molecule has 5 aromatic rings. The number of fused-ring (bicyclic) bond motifs is 3. The largest absolute Gasteiger partial charge is 0.353 e. The molecule has 0 aliphatic rings. The summed E-state index contributed by atoms with van der Waals surface area (Å²) >= 11 is 11.3. The Kier molecular flexibility index (Phi) is 5.64. The zero-order chi connectivity index (χ0) is 22.8. The number of aromatic nitrogens is 2. The van der Waals surface area contributed by atoms with E-state index in [1.54, 1.807) is 24.3 Å². The molecule has 8 heteroatoms. The van der Waals surface area contributed by atoms with Gasteiger partial charge in [0.1, 0.15) is 5.69 Å². The van der Waals surface area contributed by atoms with Crippen LogP contribution in [0, 0.1) is 0 Å². The molecule has 0 unspecified atom stereocenters. The zero-order valence-electron chi connectivity index (χ0n) is 17.2. The Morgan fingerprint density at radius 3 is 2.48 bits per heavy atom. The highest BCUT2D eigenvalue weighted by Gasteiger charge is 2.17. The molecular formula is C25H18ClN5OS. The van der Waals surface area contributed by atoms with Crippen LogP contribution < -0.4 is 16.2 Å². The molecule has 0 aliphatic heterocycles. The minimum absolute atomic E-state index is 0.224. The number of H-pyrrole nitrogens is 1. The highest BCUT2D eigenvalue weighted by molar-refractivity contribution is 7.80. The molecule has 2 aromatic heterocycles. The summed E-state index contributed by atoms with van der Waals surface area (Å²) in [6, 6.07) is 26.6. The van der Waals surface area contributed by atoms with Crippen LogP contribution in [-0.4, -0.2) is 21.0 Å². The number of nitrogens with zero attached hydrogens (tertiary/aromatic N) is 1. The number of thiocarbonyl (C=S) groups is 1. The minimum Gasteiger partial charge on any atom is -0.353 e. The van der Waals surface area contributed by atoms with Gasteiger partial charge in [-0.2, -0.15) is 0 Å². The van der Waals surface area contributed by atoms with Gasteiger partial charge in [-0.1, -0.05) is 66.2 Å². The molecule has 0 spiro atoms. The summed E-state index contributed by atoms with van der Waals surface area (Å²) in [4.78, 5) is 21.1. The Morgan fingerprint density at radius 1 is 0.879 bits per heavy atom. The molecule has 6 nitrogen and oxygen atoms in total. The SMILES string of the molecule is O=C(NNC(=S)Nc1cccc(Cl)c1)c1cc2c([nH]c3ccccc32)c(-c2ccccc2)n1. The number of benzene rings is 3. The summed E-state index contributed by atoms with van der Waals surface area (Å²) in [5.74, 6) is -0.408. The van der Waals surface area contributed by atoms with Crippen molar-refractivity contribution in [2.45, 2.75) is 0 Å². The molecule has 4 N–H and O–H groups in total. The van der Waals surface area contributed by atoms with Gasteiger partial charge in [-0.3, -0.25) is 15.6 Å². The lowest BCUT2D eigenvalue weighted by molar-refractivity contribution is 0.0939. The number of pyridine rings is 1. The van der Waals surface area contributed by atoms with E-state index in [0.717, 1.165) is 27.4 Å². The second-order valence-electron chi connectivity index (χ2n) is 7.36. The van der Waals surface area contributed by atoms with Gasteiger partial charge < -0.3 is 10.3 Å². The molecule has 3 aromatic carbocycles. The van der Waals surface area contributed by atoms with E-state index >= 15 is 0 Å². The summed E-state index contributed by atoms with van der Waals surface area (Å²) in [5, 5.41) is 5.72. The third-order valence-electron chi connectivity index (χ3n) is 5.15. The minimum atomic E-state index is -0.408. The lowest BCUT2D eigenvalue weighted by Gasteiger charge is -2.12. The first-order valence-electron chi connectivity index (χ1n) is 10.2. The molecule has 5 rings (SSSR count). The van der Waals surface area contributed by atoms with Crippen LogP contribution in [-0.2, 0) is 0 Å². The van der Waals surface area contributed by atoms with Gasteiger partial charge in [0.2, 0.25) is 0 Å². The number of amides is 1. The van der Waals surface area contributed by atoms with E-state index in [1.807, 2.05) is 60.7 Å². The number of hydrazine groups is 1. The molecule has 0 atom stereocenters. The number of rotatable bonds is 3. The van der Waals surface area contributed by atoms with Gasteiger partial charge in [-0.05, 0) is 42.5 Å². The van der Waals surface area contributed by atoms with Gasteiger partial charge in [0.05, 0.1) is 11.2 Å². The Balaban J connectivity index is 1.45. The molecule has 162 valence electrons. The topological polar surface area (TPSA) is 81.8 Å². The number of carbonyl (C=O) groups excluding carboxylic acids is 1. The maximum atomic E-state index is 13.0. The number of hydrogen-bond donors (Lipinski definition) is 4. The number of nitrogens with one attached hydrogen (secondary N) is 4. The molecule has 0 saturated heterocycles. The van der Waals surface area contributed by atoms with Crippen molar-refractivity contribution < 1.29 is 4.79 Å². The Morgan fingerprint density at radius 2 is 1.67 bits per heavy atom. The van der Waals surface area contributed by atoms with Gasteiger partial charge in [0, 0.05) is 32.6 Å². The third kappa shape index (κ3) is 4.37. The first-order chi connectivity index (χ1) is 16.1. The lowest BCUT2D eigenvalue weighted by atomic mass is 10.1. The standard InChI is InChI=1S/C25H18ClN5OS/c26-16-9-6-10-17(13-16)27-25(33)31-30-24(32)21-14-19-18-11-4-5-12-20(18)28-23(19)22(29-21)15-7-2-1-3-8-15/h1-14,28H,(H,30,32)(H2,27,31,33). The van der Waals surface area contributed by atoms with Crippen LogP contribution in [0.2, 0.25) is 5.02 Å². The van der Waals surface area contributed by atoms with E-state index in [9.17, 15) is 4.79 Å². The Labute approximate surface area is 200 Å². The van der Waals surface area contributed by atoms with Crippen LogP contribution in [0.3, 0.4) is 0 Å². The van der Waals surface area contributed by atoms with Crippen molar-refractivity contribution in [2.75, 3.05) is 5.32 Å². The third-order valence-corrected chi connectivity index (χ3v) is 5.59. The van der Waals surface area contributed by atoms with Crippen molar-refractivity contribution >= 4 is 62.3 Å². The molecule has 0 aliphatic carbocycles. The molecule has 0 radical (unpaired) electrons. The van der Waals surface area contributed by atoms with E-state index in [2.05, 4.69) is 26.1 Å². The zero-order valence-corrected chi connectivity index (χ0v) is 18.8. The van der Waals surface area contributed by atoms with Crippen LogP contribution in [0.4, 0.5) is 5.69 Å². The van der Waals surface area contributed by atoms with Crippen LogP contribution in [0.1, 0.15) is 10.5 Å². The van der Waals surface area contributed by atoms with E-state index in [1.165, 1.54) is 0 Å². The lowest BCUT2D eigenvalue weighted by Crippen LogP contribution is -2.44. The fourth-order valence-corrected chi connectivity index (χ4v) is 4.03. The monoisotopic (exact) mass is 471 g/mol. The maximum Gasteiger partial charge on any atom is 0.288 e. The average Bonchev–Trinajstić information content (AvgIpc) is 3.21. The summed E-state index contributed by atoms with van der Waals surface area (Å²) in [6.07, 6.45) is 0. The van der Waals surface area contributed by atoms with Crippen molar-refractivity contribution in [3.05, 3.63) is 95.6 Å². The van der Waals surface area contributed by atoms with Crippen molar-refractivity contribution in [1.29, 1.82) is 0 Å². The van der Waals surface area contributed by atoms with Gasteiger partial charge in [0.15, 0.2) is 5.11 Å². The smallest absolute Gasteiger partial charge is 0.288 e. The molecule has 33 heavy (non-hydrogen) atoms. The molecule has 1 amide bonds. The van der Waals surface area contributed by atoms with E-state index in [4.69, 9.17) is 23.8 Å². The van der Waals surface area contributed by atoms with Gasteiger partial charge in [0.25, 0.3) is 5.91 Å². The Hall–Kier alpha value is -3.94. The Bertz CT molecular complexity index is 1500. The number of aromatic amines is 1. The summed E-state index contributed by atoms with van der Waals surface area (Å²) in [5.41, 5.74) is 9.79. The second kappa shape index (κ2) is 8.90. The normalized spacial score (nSPS) is 10.8. The first-order valence-corrected chi connectivity index (χ1v) is 11.0. The van der Waals surface area contributed by atoms with Crippen LogP contribution in [0.15, 0.2) is 84.9 Å². The van der Waals surface area contributed by atoms with Gasteiger partial charge >= 0.3 is 0 Å². The quantitative estimate of drug-likeness (QED) is 0.201. The fourth-order valence-electron chi connectivity index (χ4n) is 3.67. The maximum absolute atomic E-state index is 13.0. The highest BCUT2D eigenvalue weighted by atomic mass is 35.5. The van der Waals surface area contributed by atoms with E-state index in [-0.39, 0.29) is 10.8 Å². The first kappa shape index (κ1) is 20.9.